The Hall–Kier alpha value is -4.57. The minimum Gasteiger partial charge on any atom is -0.481 e. The van der Waals surface area contributed by atoms with Crippen molar-refractivity contribution in [3.05, 3.63) is 35.9 Å². The number of hydrogen-bond donors (Lipinski definition) is 8. The Morgan fingerprint density at radius 2 is 1.50 bits per heavy atom. The summed E-state index contributed by atoms with van der Waals surface area (Å²) in [6, 6.07) is 3.82. The van der Waals surface area contributed by atoms with Crippen molar-refractivity contribution in [2.24, 2.45) is 39.8 Å². The van der Waals surface area contributed by atoms with Crippen LogP contribution in [0.1, 0.15) is 64.4 Å². The number of guanidine groups is 1. The number of unbranched alkanes of at least 4 members (excludes halogenated alkanes) is 1. The highest BCUT2D eigenvalue weighted by Crippen LogP contribution is 2.19. The molecule has 0 aliphatic carbocycles. The summed E-state index contributed by atoms with van der Waals surface area (Å²) >= 11 is 0. The second kappa shape index (κ2) is 21.3. The fourth-order valence-electron chi connectivity index (χ4n) is 5.05. The van der Waals surface area contributed by atoms with Crippen LogP contribution in [-0.2, 0) is 35.2 Å². The van der Waals surface area contributed by atoms with Crippen LogP contribution in [-0.4, -0.2) is 101 Å². The molecular weight excluding hydrogens is 624 g/mol. The number of carbonyl (C=O) groups is 6. The van der Waals surface area contributed by atoms with Gasteiger partial charge in [0.15, 0.2) is 11.7 Å². The van der Waals surface area contributed by atoms with Gasteiger partial charge in [-0.25, -0.2) is 4.79 Å². The van der Waals surface area contributed by atoms with Crippen LogP contribution in [0.25, 0.3) is 0 Å². The highest BCUT2D eigenvalue weighted by Gasteiger charge is 2.35. The lowest BCUT2D eigenvalue weighted by Gasteiger charge is -2.31. The van der Waals surface area contributed by atoms with E-state index < -0.39 is 84.3 Å². The zero-order valence-electron chi connectivity index (χ0n) is 28.0. The standard InChI is InChI=1S/C32H52N8O8/c1-19(2)21(28(44)39-24(31(47)48)16-20-10-5-4-6-11-20)17-26(41)23(18-27(42)43)38-29(45)25(13-7-8-14-33)40(3)30(46)22(34)12-9-15-37-32(35)36/h4-6,10-11,19,21-25H,7-9,12-18,33-34H2,1-3H3,(H,38,45)(H,39,44)(H,42,43)(H,47,48)(H4,35,36,37)/t21?,22-,23-,24-,25?/m0/s1. The molecule has 0 bridgehead atoms. The average Bonchev–Trinajstić information content (AvgIpc) is 3.02. The van der Waals surface area contributed by atoms with E-state index in [0.717, 1.165) is 0 Å². The van der Waals surface area contributed by atoms with E-state index in [-0.39, 0.29) is 31.8 Å². The van der Waals surface area contributed by atoms with Crippen LogP contribution >= 0.6 is 0 Å². The maximum absolute atomic E-state index is 13.6. The number of nitrogens with zero attached hydrogens (tertiary/aromatic N) is 2. The van der Waals surface area contributed by atoms with Crippen LogP contribution in [0.5, 0.6) is 0 Å². The van der Waals surface area contributed by atoms with E-state index in [1.807, 2.05) is 0 Å². The molecule has 0 radical (unpaired) electrons. The molecule has 5 atom stereocenters. The predicted molar refractivity (Wildman–Crippen MR) is 179 cm³/mol. The number of Topliss-reactive ketones (excluding diaryl/α,β-unsaturated/α-hetero) is 1. The molecule has 1 aromatic rings. The molecule has 12 N–H and O–H groups in total. The first-order chi connectivity index (χ1) is 22.6. The van der Waals surface area contributed by atoms with E-state index in [1.54, 1.807) is 44.2 Å². The predicted octanol–water partition coefficient (Wildman–Crippen LogP) is -0.674. The molecule has 1 aromatic carbocycles. The van der Waals surface area contributed by atoms with Gasteiger partial charge in [-0.1, -0.05) is 44.2 Å². The molecule has 0 saturated heterocycles. The summed E-state index contributed by atoms with van der Waals surface area (Å²) in [5.41, 5.74) is 23.0. The Morgan fingerprint density at radius 1 is 0.875 bits per heavy atom. The van der Waals surface area contributed by atoms with E-state index in [1.165, 1.54) is 11.9 Å². The van der Waals surface area contributed by atoms with Gasteiger partial charge in [-0.15, -0.1) is 0 Å². The molecule has 3 amide bonds. The third-order valence-corrected chi connectivity index (χ3v) is 7.88. The largest absolute Gasteiger partial charge is 0.481 e. The SMILES string of the molecule is CC(C)C(CC(=O)[C@H](CC(=O)O)NC(=O)C(CCCCN)N(C)C(=O)[C@@H](N)CCCN=C(N)N)C(=O)N[C@@H](Cc1ccccc1)C(=O)O. The Labute approximate surface area is 281 Å². The minimum absolute atomic E-state index is 0.01000. The fourth-order valence-corrected chi connectivity index (χ4v) is 5.05. The zero-order valence-corrected chi connectivity index (χ0v) is 28.0. The van der Waals surface area contributed by atoms with Crippen LogP contribution in [0.15, 0.2) is 35.3 Å². The molecule has 0 saturated carbocycles. The van der Waals surface area contributed by atoms with Gasteiger partial charge in [0.05, 0.1) is 18.5 Å². The molecule has 0 aromatic heterocycles. The summed E-state index contributed by atoms with van der Waals surface area (Å²) in [6.45, 7) is 3.93. The number of nitrogens with one attached hydrogen (secondary N) is 2. The third kappa shape index (κ3) is 14.9. The fraction of sp³-hybridized carbons (Fsp3) is 0.594. The van der Waals surface area contributed by atoms with Crippen LogP contribution in [0.3, 0.4) is 0 Å². The molecule has 0 spiro atoms. The highest BCUT2D eigenvalue weighted by molar-refractivity contribution is 5.97. The lowest BCUT2D eigenvalue weighted by Crippen LogP contribution is -2.55. The number of rotatable bonds is 23. The van der Waals surface area contributed by atoms with Crippen molar-refractivity contribution in [3.8, 4) is 0 Å². The van der Waals surface area contributed by atoms with Crippen LogP contribution < -0.4 is 33.6 Å². The van der Waals surface area contributed by atoms with E-state index in [9.17, 15) is 39.0 Å². The van der Waals surface area contributed by atoms with Crippen molar-refractivity contribution in [1.29, 1.82) is 0 Å². The Balaban J connectivity index is 3.14. The minimum atomic E-state index is -1.53. The zero-order chi connectivity index (χ0) is 36.4. The van der Waals surface area contributed by atoms with Gasteiger partial charge in [0, 0.05) is 32.4 Å². The first-order valence-corrected chi connectivity index (χ1v) is 16.0. The Kier molecular flexibility index (Phi) is 18.4. The lowest BCUT2D eigenvalue weighted by molar-refractivity contribution is -0.144. The van der Waals surface area contributed by atoms with Crippen molar-refractivity contribution < 1.29 is 39.0 Å². The number of nitrogens with two attached hydrogens (primary N) is 4. The molecule has 0 aliphatic heterocycles. The van der Waals surface area contributed by atoms with Crippen molar-refractivity contribution in [1.82, 2.24) is 15.5 Å². The van der Waals surface area contributed by atoms with E-state index >= 15 is 0 Å². The quantitative estimate of drug-likeness (QED) is 0.0407. The maximum atomic E-state index is 13.6. The Morgan fingerprint density at radius 3 is 2.04 bits per heavy atom. The molecule has 1 rings (SSSR count). The van der Waals surface area contributed by atoms with Gasteiger partial charge < -0.3 is 48.7 Å². The summed E-state index contributed by atoms with van der Waals surface area (Å²) < 4.78 is 0. The maximum Gasteiger partial charge on any atom is 0.326 e. The molecule has 48 heavy (non-hydrogen) atoms. The van der Waals surface area contributed by atoms with Crippen molar-refractivity contribution in [2.45, 2.75) is 89.4 Å². The van der Waals surface area contributed by atoms with Gasteiger partial charge >= 0.3 is 11.9 Å². The highest BCUT2D eigenvalue weighted by atomic mass is 16.4. The lowest BCUT2D eigenvalue weighted by atomic mass is 9.87. The van der Waals surface area contributed by atoms with Gasteiger partial charge in [-0.3, -0.25) is 29.0 Å². The van der Waals surface area contributed by atoms with Crippen molar-refractivity contribution >= 4 is 41.4 Å². The van der Waals surface area contributed by atoms with Crippen LogP contribution in [0.2, 0.25) is 0 Å². The number of ketones is 1. The normalized spacial score (nSPS) is 14.1. The first-order valence-electron chi connectivity index (χ1n) is 16.0. The Bertz CT molecular complexity index is 1260. The summed E-state index contributed by atoms with van der Waals surface area (Å²) in [7, 11) is 1.40. The van der Waals surface area contributed by atoms with Gasteiger partial charge in [-0.2, -0.15) is 0 Å². The van der Waals surface area contributed by atoms with Gasteiger partial charge in [0.2, 0.25) is 17.7 Å². The molecule has 0 fully saturated rings. The van der Waals surface area contributed by atoms with Crippen molar-refractivity contribution in [2.75, 3.05) is 20.1 Å². The molecule has 0 heterocycles. The number of carboxylic acid groups (broad SMARTS) is 2. The van der Waals surface area contributed by atoms with Crippen LogP contribution in [0.4, 0.5) is 0 Å². The second-order valence-electron chi connectivity index (χ2n) is 12.1. The van der Waals surface area contributed by atoms with Gasteiger partial charge in [0.1, 0.15) is 12.1 Å². The smallest absolute Gasteiger partial charge is 0.326 e. The van der Waals surface area contributed by atoms with E-state index in [4.69, 9.17) is 22.9 Å². The molecule has 2 unspecified atom stereocenters. The molecule has 16 nitrogen and oxygen atoms in total. The third-order valence-electron chi connectivity index (χ3n) is 7.88. The summed E-state index contributed by atoms with van der Waals surface area (Å²) in [5.74, 6) is -6.94. The first kappa shape index (κ1) is 41.5. The number of benzene rings is 1. The number of amides is 3. The van der Waals surface area contributed by atoms with Gasteiger partial charge in [-0.05, 0) is 50.1 Å². The van der Waals surface area contributed by atoms with E-state index in [2.05, 4.69) is 15.6 Å². The monoisotopic (exact) mass is 676 g/mol. The average molecular weight is 677 g/mol. The number of carboxylic acids is 2. The number of aliphatic carboxylic acids is 2. The summed E-state index contributed by atoms with van der Waals surface area (Å²) in [5, 5.41) is 24.3. The number of hydrogen-bond acceptors (Lipinski definition) is 9. The molecule has 16 heteroatoms. The summed E-state index contributed by atoms with van der Waals surface area (Å²) in [4.78, 5) is 82.3. The summed E-state index contributed by atoms with van der Waals surface area (Å²) in [6.07, 6.45) is 0.553. The topological polar surface area (TPSA) is 287 Å². The molecular formula is C32H52N8O8. The van der Waals surface area contributed by atoms with E-state index in [0.29, 0.717) is 31.4 Å². The second-order valence-corrected chi connectivity index (χ2v) is 12.1. The molecule has 268 valence electrons. The number of likely N-dealkylation sites (N-methyl/N-ethyl adjacent to an activating group) is 1. The number of carbonyl (C=O) groups excluding carboxylic acids is 4. The van der Waals surface area contributed by atoms with Crippen LogP contribution in [0, 0.1) is 11.8 Å². The van der Waals surface area contributed by atoms with Gasteiger partial charge in [0.25, 0.3) is 0 Å². The van der Waals surface area contributed by atoms with Crippen molar-refractivity contribution in [3.63, 3.8) is 0 Å². The molecule has 0 aliphatic rings. The number of aliphatic imine (C=N–C) groups is 1.